The van der Waals surface area contributed by atoms with E-state index in [9.17, 15) is 5.11 Å². The van der Waals surface area contributed by atoms with Crippen molar-refractivity contribution in [1.29, 1.82) is 5.26 Å². The predicted molar refractivity (Wildman–Crippen MR) is 111 cm³/mol. The summed E-state index contributed by atoms with van der Waals surface area (Å²) in [5.74, 6) is 0.663. The molecule has 28 heavy (non-hydrogen) atoms. The Morgan fingerprint density at radius 1 is 1.11 bits per heavy atom. The molecular formula is C23H29N3O2. The molecule has 1 aliphatic rings. The largest absolute Gasteiger partial charge is 0.491 e. The molecule has 0 bridgehead atoms. The van der Waals surface area contributed by atoms with Crippen LogP contribution in [-0.2, 0) is 6.54 Å². The number of hydrogen-bond acceptors (Lipinski definition) is 5. The van der Waals surface area contributed by atoms with E-state index in [4.69, 9.17) is 10.00 Å². The number of likely N-dealkylation sites (N-methyl/N-ethyl adjacent to an activating group) is 1. The predicted octanol–water partition coefficient (Wildman–Crippen LogP) is 3.42. The van der Waals surface area contributed by atoms with Crippen LogP contribution in [0.15, 0.2) is 48.5 Å². The number of benzene rings is 2. The van der Waals surface area contributed by atoms with Crippen LogP contribution in [0.3, 0.4) is 0 Å². The van der Waals surface area contributed by atoms with Gasteiger partial charge >= 0.3 is 0 Å². The van der Waals surface area contributed by atoms with Crippen molar-refractivity contribution in [3.05, 3.63) is 59.7 Å². The molecule has 0 aliphatic carbocycles. The molecule has 3 rings (SSSR count). The molecule has 1 unspecified atom stereocenters. The van der Waals surface area contributed by atoms with Gasteiger partial charge in [0.05, 0.1) is 11.6 Å². The topological polar surface area (TPSA) is 59.7 Å². The fourth-order valence-electron chi connectivity index (χ4n) is 3.67. The van der Waals surface area contributed by atoms with Gasteiger partial charge in [-0.1, -0.05) is 18.2 Å². The Kier molecular flexibility index (Phi) is 7.30. The first-order valence-corrected chi connectivity index (χ1v) is 9.98. The van der Waals surface area contributed by atoms with E-state index in [0.717, 1.165) is 19.6 Å². The molecule has 0 saturated carbocycles. The van der Waals surface area contributed by atoms with E-state index < -0.39 is 6.10 Å². The van der Waals surface area contributed by atoms with E-state index >= 15 is 0 Å². The Hall–Kier alpha value is -2.55. The zero-order valence-corrected chi connectivity index (χ0v) is 16.6. The first-order chi connectivity index (χ1) is 13.7. The molecular weight excluding hydrogens is 350 g/mol. The molecule has 5 heteroatoms. The number of nitrogens with zero attached hydrogens (tertiary/aromatic N) is 3. The van der Waals surface area contributed by atoms with Gasteiger partial charge in [0.15, 0.2) is 0 Å². The minimum atomic E-state index is -0.581. The van der Waals surface area contributed by atoms with Crippen LogP contribution in [0.5, 0.6) is 5.75 Å². The van der Waals surface area contributed by atoms with Gasteiger partial charge in [-0.3, -0.25) is 4.90 Å². The SMILES string of the molecule is CN(Cc1ccccc1N1CCCCC1)CC(O)COc1ccc(C#N)cc1. The van der Waals surface area contributed by atoms with Gasteiger partial charge in [-0.05, 0) is 62.2 Å². The lowest BCUT2D eigenvalue weighted by Gasteiger charge is -2.31. The maximum absolute atomic E-state index is 10.3. The van der Waals surface area contributed by atoms with E-state index in [2.05, 4.69) is 40.1 Å². The molecule has 5 nitrogen and oxygen atoms in total. The number of para-hydroxylation sites is 1. The number of piperidine rings is 1. The second kappa shape index (κ2) is 10.1. The Morgan fingerprint density at radius 3 is 2.54 bits per heavy atom. The van der Waals surface area contributed by atoms with Gasteiger partial charge in [-0.2, -0.15) is 5.26 Å². The summed E-state index contributed by atoms with van der Waals surface area (Å²) in [7, 11) is 2.03. The minimum absolute atomic E-state index is 0.226. The molecule has 1 heterocycles. The molecule has 1 fully saturated rings. The molecule has 1 aliphatic heterocycles. The van der Waals surface area contributed by atoms with Crippen LogP contribution < -0.4 is 9.64 Å². The summed E-state index contributed by atoms with van der Waals surface area (Å²) in [6.07, 6.45) is 3.26. The molecule has 0 amide bonds. The van der Waals surface area contributed by atoms with Crippen LogP contribution >= 0.6 is 0 Å². The summed E-state index contributed by atoms with van der Waals surface area (Å²) < 4.78 is 5.64. The third kappa shape index (κ3) is 5.72. The first-order valence-electron chi connectivity index (χ1n) is 9.98. The third-order valence-electron chi connectivity index (χ3n) is 5.08. The lowest BCUT2D eigenvalue weighted by molar-refractivity contribution is 0.0744. The summed E-state index contributed by atoms with van der Waals surface area (Å²) in [4.78, 5) is 4.62. The number of ether oxygens (including phenoxy) is 1. The molecule has 0 radical (unpaired) electrons. The van der Waals surface area contributed by atoms with E-state index in [0.29, 0.717) is 17.9 Å². The summed E-state index contributed by atoms with van der Waals surface area (Å²) in [5, 5.41) is 19.2. The fourth-order valence-corrected chi connectivity index (χ4v) is 3.67. The highest BCUT2D eigenvalue weighted by Gasteiger charge is 2.16. The fraction of sp³-hybridized carbons (Fsp3) is 0.435. The van der Waals surface area contributed by atoms with E-state index in [1.54, 1.807) is 24.3 Å². The third-order valence-corrected chi connectivity index (χ3v) is 5.08. The molecule has 2 aromatic rings. The second-order valence-corrected chi connectivity index (χ2v) is 7.47. The average molecular weight is 380 g/mol. The summed E-state index contributed by atoms with van der Waals surface area (Å²) in [6, 6.07) is 17.6. The summed E-state index contributed by atoms with van der Waals surface area (Å²) in [5.41, 5.74) is 3.21. The minimum Gasteiger partial charge on any atom is -0.491 e. The van der Waals surface area contributed by atoms with E-state index in [1.807, 2.05) is 7.05 Å². The zero-order chi connectivity index (χ0) is 19.8. The van der Waals surface area contributed by atoms with Gasteiger partial charge < -0.3 is 14.7 Å². The number of nitriles is 1. The normalized spacial score (nSPS) is 15.3. The molecule has 1 N–H and O–H groups in total. The molecule has 148 valence electrons. The highest BCUT2D eigenvalue weighted by Crippen LogP contribution is 2.25. The van der Waals surface area contributed by atoms with Crippen LogP contribution in [0, 0.1) is 11.3 Å². The van der Waals surface area contributed by atoms with Gasteiger partial charge in [0.25, 0.3) is 0 Å². The number of aliphatic hydroxyl groups is 1. The van der Waals surface area contributed by atoms with Crippen molar-refractivity contribution < 1.29 is 9.84 Å². The van der Waals surface area contributed by atoms with Gasteiger partial charge in [-0.15, -0.1) is 0 Å². The van der Waals surface area contributed by atoms with Crippen molar-refractivity contribution in [3.8, 4) is 11.8 Å². The van der Waals surface area contributed by atoms with Gasteiger partial charge in [0.1, 0.15) is 18.5 Å². The zero-order valence-electron chi connectivity index (χ0n) is 16.6. The number of rotatable bonds is 8. The number of aliphatic hydroxyl groups excluding tert-OH is 1. The number of anilines is 1. The van der Waals surface area contributed by atoms with E-state index in [-0.39, 0.29) is 6.61 Å². The van der Waals surface area contributed by atoms with Crippen LogP contribution in [-0.4, -0.2) is 49.4 Å². The van der Waals surface area contributed by atoms with Gasteiger partial charge in [-0.25, -0.2) is 0 Å². The van der Waals surface area contributed by atoms with Crippen molar-refractivity contribution in [1.82, 2.24) is 4.90 Å². The average Bonchev–Trinajstić information content (AvgIpc) is 2.73. The Labute approximate surface area is 167 Å². The molecule has 1 saturated heterocycles. The lowest BCUT2D eigenvalue weighted by atomic mass is 10.1. The Balaban J connectivity index is 1.50. The van der Waals surface area contributed by atoms with Crippen molar-refractivity contribution in [3.63, 3.8) is 0 Å². The van der Waals surface area contributed by atoms with Crippen molar-refractivity contribution in [2.75, 3.05) is 38.2 Å². The molecule has 1 atom stereocenters. The van der Waals surface area contributed by atoms with Crippen LogP contribution in [0.4, 0.5) is 5.69 Å². The second-order valence-electron chi connectivity index (χ2n) is 7.47. The number of hydrogen-bond donors (Lipinski definition) is 1. The smallest absolute Gasteiger partial charge is 0.119 e. The van der Waals surface area contributed by atoms with Crippen LogP contribution in [0.1, 0.15) is 30.4 Å². The van der Waals surface area contributed by atoms with Gasteiger partial charge in [0, 0.05) is 31.9 Å². The van der Waals surface area contributed by atoms with Crippen LogP contribution in [0.25, 0.3) is 0 Å². The van der Waals surface area contributed by atoms with E-state index in [1.165, 1.54) is 30.5 Å². The molecule has 0 aromatic heterocycles. The lowest BCUT2D eigenvalue weighted by Crippen LogP contribution is -2.34. The monoisotopic (exact) mass is 379 g/mol. The first kappa shape index (κ1) is 20.2. The maximum atomic E-state index is 10.3. The standard InChI is InChI=1S/C23H29N3O2/c1-25(17-21(27)18-28-22-11-9-19(15-24)10-12-22)16-20-7-3-4-8-23(20)26-13-5-2-6-14-26/h3-4,7-12,21,27H,2,5-6,13-14,16-18H2,1H3. The van der Waals surface area contributed by atoms with Crippen molar-refractivity contribution in [2.24, 2.45) is 0 Å². The Bertz CT molecular complexity index is 779. The quantitative estimate of drug-likeness (QED) is 0.762. The summed E-state index contributed by atoms with van der Waals surface area (Å²) >= 11 is 0. The van der Waals surface area contributed by atoms with Crippen LogP contribution in [0.2, 0.25) is 0 Å². The van der Waals surface area contributed by atoms with Crippen molar-refractivity contribution >= 4 is 5.69 Å². The maximum Gasteiger partial charge on any atom is 0.119 e. The summed E-state index contributed by atoms with van der Waals surface area (Å²) in [6.45, 7) is 3.80. The van der Waals surface area contributed by atoms with Crippen molar-refractivity contribution in [2.45, 2.75) is 31.9 Å². The Morgan fingerprint density at radius 2 is 1.82 bits per heavy atom. The highest BCUT2D eigenvalue weighted by atomic mass is 16.5. The van der Waals surface area contributed by atoms with Gasteiger partial charge in [0.2, 0.25) is 0 Å². The highest BCUT2D eigenvalue weighted by molar-refractivity contribution is 5.53. The molecule has 2 aromatic carbocycles. The molecule has 0 spiro atoms.